The molecule has 0 spiro atoms. The summed E-state index contributed by atoms with van der Waals surface area (Å²) in [6, 6.07) is 6.77. The molecule has 1 unspecified atom stereocenters. The van der Waals surface area contributed by atoms with E-state index in [4.69, 9.17) is 4.74 Å². The lowest BCUT2D eigenvalue weighted by atomic mass is 9.72. The Labute approximate surface area is 147 Å². The normalized spacial score (nSPS) is 23.1. The van der Waals surface area contributed by atoms with Gasteiger partial charge < -0.3 is 9.84 Å². The number of carbonyl (C=O) groups is 2. The summed E-state index contributed by atoms with van der Waals surface area (Å²) < 4.78 is 5.38. The molecule has 0 saturated heterocycles. The third-order valence-electron chi connectivity index (χ3n) is 4.77. The largest absolute Gasteiger partial charge is 0.508 e. The van der Waals surface area contributed by atoms with Crippen LogP contribution in [-0.4, -0.2) is 29.2 Å². The molecule has 5 nitrogen and oxygen atoms in total. The first kappa shape index (κ1) is 17.4. The third-order valence-corrected chi connectivity index (χ3v) is 4.77. The zero-order chi connectivity index (χ0) is 18.0. The number of esters is 1. The molecule has 132 valence electrons. The molecule has 1 N–H and O–H groups in total. The van der Waals surface area contributed by atoms with E-state index in [0.29, 0.717) is 24.3 Å². The molecule has 5 heteroatoms. The van der Waals surface area contributed by atoms with E-state index < -0.39 is 11.8 Å². The van der Waals surface area contributed by atoms with Crippen LogP contribution >= 0.6 is 0 Å². The van der Waals surface area contributed by atoms with Crippen LogP contribution in [0, 0.1) is 5.92 Å². The molecular formula is C20H23NO4. The number of carbonyl (C=O) groups excluding carboxylic acids is 2. The molecule has 2 atom stereocenters. The fraction of sp³-hybridized carbons (Fsp3) is 0.450. The van der Waals surface area contributed by atoms with Gasteiger partial charge in [0.1, 0.15) is 11.7 Å². The minimum atomic E-state index is -0.630. The number of phenols is 1. The van der Waals surface area contributed by atoms with Crippen LogP contribution in [0.4, 0.5) is 0 Å². The zero-order valence-electron chi connectivity index (χ0n) is 14.6. The van der Waals surface area contributed by atoms with E-state index in [1.54, 1.807) is 18.2 Å². The number of allylic oxidation sites excluding steroid dienone is 2. The van der Waals surface area contributed by atoms with Crippen molar-refractivity contribution < 1.29 is 19.4 Å². The Kier molecular flexibility index (Phi) is 5.02. The molecule has 3 rings (SSSR count). The second-order valence-electron chi connectivity index (χ2n) is 6.61. The van der Waals surface area contributed by atoms with Gasteiger partial charge in [-0.1, -0.05) is 19.1 Å². The molecule has 0 bridgehead atoms. The van der Waals surface area contributed by atoms with Crippen molar-refractivity contribution in [2.24, 2.45) is 10.9 Å². The number of aliphatic imine (C=N–C) groups is 1. The maximum absolute atomic E-state index is 12.7. The quantitative estimate of drug-likeness (QED) is 0.850. The van der Waals surface area contributed by atoms with Gasteiger partial charge in [0.25, 0.3) is 0 Å². The topological polar surface area (TPSA) is 76.0 Å². The van der Waals surface area contributed by atoms with Crippen LogP contribution in [-0.2, 0) is 14.3 Å². The summed E-state index contributed by atoms with van der Waals surface area (Å²) in [7, 11) is 0. The number of benzene rings is 1. The Bertz CT molecular complexity index is 763. The molecule has 1 aromatic carbocycles. The SMILES string of the molecule is CCCOC(=O)C1C(C)=NC2=C(C(=O)CCC2)[C@H]1c1cccc(O)c1. The standard InChI is InChI=1S/C20H23NO4/c1-3-10-25-20(24)17-12(2)21-15-8-5-9-16(23)19(15)18(17)13-6-4-7-14(22)11-13/h4,6-7,11,17-18,22H,3,5,8-10H2,1-2H3/t17?,18-/m0/s1. The first-order valence-electron chi connectivity index (χ1n) is 8.80. The average molecular weight is 341 g/mol. The molecule has 1 aromatic rings. The molecule has 0 aromatic heterocycles. The summed E-state index contributed by atoms with van der Waals surface area (Å²) in [5.74, 6) is -1.28. The van der Waals surface area contributed by atoms with Crippen molar-refractivity contribution in [2.75, 3.05) is 6.61 Å². The number of ketones is 1. The second-order valence-corrected chi connectivity index (χ2v) is 6.61. The van der Waals surface area contributed by atoms with Crippen LogP contribution in [0.3, 0.4) is 0 Å². The second kappa shape index (κ2) is 7.21. The van der Waals surface area contributed by atoms with Crippen molar-refractivity contribution in [1.29, 1.82) is 0 Å². The summed E-state index contributed by atoms with van der Waals surface area (Å²) in [6.07, 6.45) is 2.73. The highest BCUT2D eigenvalue weighted by atomic mass is 16.5. The molecule has 0 fully saturated rings. The highest BCUT2D eigenvalue weighted by molar-refractivity contribution is 6.08. The molecule has 1 aliphatic heterocycles. The summed E-state index contributed by atoms with van der Waals surface area (Å²) in [5.41, 5.74) is 2.81. The zero-order valence-corrected chi connectivity index (χ0v) is 14.6. The van der Waals surface area contributed by atoms with Crippen molar-refractivity contribution in [3.8, 4) is 5.75 Å². The lowest BCUT2D eigenvalue weighted by Gasteiger charge is -2.34. The van der Waals surface area contributed by atoms with E-state index in [-0.39, 0.29) is 17.5 Å². The van der Waals surface area contributed by atoms with Gasteiger partial charge in [-0.15, -0.1) is 0 Å². The van der Waals surface area contributed by atoms with Gasteiger partial charge in [0.05, 0.1) is 6.61 Å². The van der Waals surface area contributed by atoms with Crippen molar-refractivity contribution in [1.82, 2.24) is 0 Å². The molecule has 2 aliphatic rings. The van der Waals surface area contributed by atoms with Gasteiger partial charge in [-0.05, 0) is 43.9 Å². The number of aromatic hydroxyl groups is 1. The number of hydrogen-bond donors (Lipinski definition) is 1. The number of rotatable bonds is 4. The first-order chi connectivity index (χ1) is 12.0. The number of phenolic OH excluding ortho intramolecular Hbond substituents is 1. The summed E-state index contributed by atoms with van der Waals surface area (Å²) in [4.78, 5) is 29.9. The molecule has 0 saturated carbocycles. The first-order valence-corrected chi connectivity index (χ1v) is 8.80. The fourth-order valence-electron chi connectivity index (χ4n) is 3.68. The van der Waals surface area contributed by atoms with Crippen molar-refractivity contribution in [3.63, 3.8) is 0 Å². The molecule has 1 heterocycles. The maximum Gasteiger partial charge on any atom is 0.315 e. The predicted molar refractivity (Wildman–Crippen MR) is 94.6 cm³/mol. The minimum absolute atomic E-state index is 0.0409. The van der Waals surface area contributed by atoms with E-state index in [1.165, 1.54) is 0 Å². The van der Waals surface area contributed by atoms with Crippen LogP contribution in [0.5, 0.6) is 5.75 Å². The molecule has 25 heavy (non-hydrogen) atoms. The van der Waals surface area contributed by atoms with Gasteiger partial charge in [-0.3, -0.25) is 14.6 Å². The number of ether oxygens (including phenoxy) is 1. The predicted octanol–water partition coefficient (Wildman–Crippen LogP) is 3.53. The van der Waals surface area contributed by atoms with Crippen molar-refractivity contribution in [3.05, 3.63) is 41.1 Å². The molecule has 0 radical (unpaired) electrons. The number of nitrogens with zero attached hydrogens (tertiary/aromatic N) is 1. The summed E-state index contributed by atoms with van der Waals surface area (Å²) in [6.45, 7) is 4.10. The van der Waals surface area contributed by atoms with Crippen molar-refractivity contribution in [2.45, 2.75) is 45.4 Å². The van der Waals surface area contributed by atoms with Crippen LogP contribution in [0.2, 0.25) is 0 Å². The van der Waals surface area contributed by atoms with Gasteiger partial charge in [0.15, 0.2) is 5.78 Å². The van der Waals surface area contributed by atoms with Gasteiger partial charge in [-0.25, -0.2) is 0 Å². The van der Waals surface area contributed by atoms with E-state index in [1.807, 2.05) is 19.9 Å². The Balaban J connectivity index is 2.10. The summed E-state index contributed by atoms with van der Waals surface area (Å²) >= 11 is 0. The highest BCUT2D eigenvalue weighted by Gasteiger charge is 2.43. The van der Waals surface area contributed by atoms with Crippen molar-refractivity contribution >= 4 is 17.5 Å². The van der Waals surface area contributed by atoms with Gasteiger partial charge >= 0.3 is 5.97 Å². The Hall–Kier alpha value is -2.43. The van der Waals surface area contributed by atoms with E-state index in [2.05, 4.69) is 4.99 Å². The smallest absolute Gasteiger partial charge is 0.315 e. The number of hydrogen-bond acceptors (Lipinski definition) is 5. The van der Waals surface area contributed by atoms with Crippen LogP contribution in [0.1, 0.15) is 51.0 Å². The maximum atomic E-state index is 12.7. The van der Waals surface area contributed by atoms with Gasteiger partial charge in [0, 0.05) is 29.3 Å². The van der Waals surface area contributed by atoms with Gasteiger partial charge in [-0.2, -0.15) is 0 Å². The third kappa shape index (κ3) is 3.36. The lowest BCUT2D eigenvalue weighted by Crippen LogP contribution is -2.37. The molecular weight excluding hydrogens is 318 g/mol. The highest BCUT2D eigenvalue weighted by Crippen LogP contribution is 2.44. The summed E-state index contributed by atoms with van der Waals surface area (Å²) in [5, 5.41) is 9.89. The number of Topliss-reactive ketones (excluding diaryl/α,β-unsaturated/α-hetero) is 1. The van der Waals surface area contributed by atoms with E-state index >= 15 is 0 Å². The van der Waals surface area contributed by atoms with Crippen LogP contribution < -0.4 is 0 Å². The average Bonchev–Trinajstić information content (AvgIpc) is 2.58. The molecule has 0 amide bonds. The van der Waals surface area contributed by atoms with Crippen LogP contribution in [0.25, 0.3) is 0 Å². The van der Waals surface area contributed by atoms with E-state index in [0.717, 1.165) is 30.5 Å². The van der Waals surface area contributed by atoms with E-state index in [9.17, 15) is 14.7 Å². The monoisotopic (exact) mass is 341 g/mol. The fourth-order valence-corrected chi connectivity index (χ4v) is 3.68. The Morgan fingerprint density at radius 1 is 1.36 bits per heavy atom. The molecule has 1 aliphatic carbocycles. The van der Waals surface area contributed by atoms with Gasteiger partial charge in [0.2, 0.25) is 0 Å². The minimum Gasteiger partial charge on any atom is -0.508 e. The lowest BCUT2D eigenvalue weighted by molar-refractivity contribution is -0.146. The van der Waals surface area contributed by atoms with Crippen LogP contribution in [0.15, 0.2) is 40.5 Å². The Morgan fingerprint density at radius 2 is 2.16 bits per heavy atom. The Morgan fingerprint density at radius 3 is 2.88 bits per heavy atom.